The lowest BCUT2D eigenvalue weighted by Crippen LogP contribution is -2.15. The van der Waals surface area contributed by atoms with E-state index in [9.17, 15) is 0 Å². The van der Waals surface area contributed by atoms with Crippen LogP contribution in [0.5, 0.6) is 0 Å². The van der Waals surface area contributed by atoms with Crippen LogP contribution in [-0.2, 0) is 6.54 Å². The maximum atomic E-state index is 4.50. The standard InChI is InChI=1S/C11H14N2S/c14-13-11(10-6-7-10)12-8-9-4-2-1-3-5-9/h1-5,10,14H,6-8H2,(H,12,13). The van der Waals surface area contributed by atoms with E-state index in [4.69, 9.17) is 0 Å². The molecule has 0 spiro atoms. The average molecular weight is 206 g/mol. The van der Waals surface area contributed by atoms with Gasteiger partial charge in [-0.3, -0.25) is 4.99 Å². The zero-order valence-electron chi connectivity index (χ0n) is 7.98. The summed E-state index contributed by atoms with van der Waals surface area (Å²) in [5.41, 5.74) is 1.24. The van der Waals surface area contributed by atoms with Crippen molar-refractivity contribution in [1.29, 1.82) is 0 Å². The van der Waals surface area contributed by atoms with E-state index in [1.165, 1.54) is 18.4 Å². The van der Waals surface area contributed by atoms with Crippen molar-refractivity contribution in [2.24, 2.45) is 10.9 Å². The first kappa shape index (κ1) is 9.59. The van der Waals surface area contributed by atoms with Crippen molar-refractivity contribution in [3.05, 3.63) is 35.9 Å². The molecule has 2 nitrogen and oxygen atoms in total. The summed E-state index contributed by atoms with van der Waals surface area (Å²) in [6.07, 6.45) is 2.50. The molecule has 0 bridgehead atoms. The van der Waals surface area contributed by atoms with Crippen molar-refractivity contribution in [2.45, 2.75) is 19.4 Å². The van der Waals surface area contributed by atoms with Crippen LogP contribution in [0.3, 0.4) is 0 Å². The van der Waals surface area contributed by atoms with Gasteiger partial charge in [0.2, 0.25) is 0 Å². The maximum absolute atomic E-state index is 4.50. The fourth-order valence-corrected chi connectivity index (χ4v) is 1.63. The smallest absolute Gasteiger partial charge is 0.109 e. The summed E-state index contributed by atoms with van der Waals surface area (Å²) in [5.74, 6) is 1.67. The molecule has 1 aromatic carbocycles. The molecule has 0 aromatic heterocycles. The normalized spacial score (nSPS) is 16.8. The Labute approximate surface area is 90.0 Å². The first-order valence-electron chi connectivity index (χ1n) is 4.88. The number of thiol groups is 1. The Morgan fingerprint density at radius 1 is 1.36 bits per heavy atom. The van der Waals surface area contributed by atoms with E-state index in [0.29, 0.717) is 5.92 Å². The molecule has 0 unspecified atom stereocenters. The van der Waals surface area contributed by atoms with E-state index in [1.54, 1.807) is 0 Å². The van der Waals surface area contributed by atoms with Gasteiger partial charge in [0.25, 0.3) is 0 Å². The number of hydrogen-bond donors (Lipinski definition) is 2. The second-order valence-corrected chi connectivity index (χ2v) is 3.80. The van der Waals surface area contributed by atoms with Crippen LogP contribution in [0.15, 0.2) is 35.3 Å². The van der Waals surface area contributed by atoms with Crippen LogP contribution < -0.4 is 4.72 Å². The molecule has 0 saturated heterocycles. The van der Waals surface area contributed by atoms with Gasteiger partial charge in [0.15, 0.2) is 0 Å². The number of nitrogens with one attached hydrogen (secondary N) is 1. The lowest BCUT2D eigenvalue weighted by atomic mass is 10.2. The summed E-state index contributed by atoms with van der Waals surface area (Å²) >= 11 is 4.06. The summed E-state index contributed by atoms with van der Waals surface area (Å²) in [6, 6.07) is 10.3. The van der Waals surface area contributed by atoms with Crippen molar-refractivity contribution >= 4 is 18.7 Å². The van der Waals surface area contributed by atoms with E-state index in [1.807, 2.05) is 18.2 Å². The van der Waals surface area contributed by atoms with E-state index >= 15 is 0 Å². The Bertz CT molecular complexity index is 317. The molecular formula is C11H14N2S. The predicted octanol–water partition coefficient (Wildman–Crippen LogP) is 2.43. The number of hydrogen-bond acceptors (Lipinski definition) is 2. The van der Waals surface area contributed by atoms with E-state index < -0.39 is 0 Å². The highest BCUT2D eigenvalue weighted by Crippen LogP contribution is 2.30. The Morgan fingerprint density at radius 2 is 2.07 bits per heavy atom. The maximum Gasteiger partial charge on any atom is 0.109 e. The van der Waals surface area contributed by atoms with Crippen molar-refractivity contribution in [3.8, 4) is 0 Å². The third kappa shape index (κ3) is 2.51. The number of rotatable bonds is 3. The molecule has 1 aromatic rings. The van der Waals surface area contributed by atoms with Crippen molar-refractivity contribution in [2.75, 3.05) is 0 Å². The SMILES string of the molecule is SNC(=NCc1ccccc1)C1CC1. The molecule has 2 rings (SSSR count). The molecule has 0 radical (unpaired) electrons. The summed E-state index contributed by atoms with van der Waals surface area (Å²) in [7, 11) is 0. The number of benzene rings is 1. The number of nitrogens with zero attached hydrogens (tertiary/aromatic N) is 1. The summed E-state index contributed by atoms with van der Waals surface area (Å²) < 4.78 is 2.88. The lowest BCUT2D eigenvalue weighted by molar-refractivity contribution is 1.01. The van der Waals surface area contributed by atoms with Gasteiger partial charge in [0.05, 0.1) is 6.54 Å². The van der Waals surface area contributed by atoms with Gasteiger partial charge in [0.1, 0.15) is 5.84 Å². The van der Waals surface area contributed by atoms with Crippen molar-refractivity contribution < 1.29 is 0 Å². The van der Waals surface area contributed by atoms with Gasteiger partial charge in [-0.2, -0.15) is 0 Å². The fourth-order valence-electron chi connectivity index (χ4n) is 1.37. The van der Waals surface area contributed by atoms with E-state index in [2.05, 4.69) is 34.7 Å². The minimum absolute atomic E-state index is 0.635. The van der Waals surface area contributed by atoms with Crippen LogP contribution >= 0.6 is 12.8 Å². The fraction of sp³-hybridized carbons (Fsp3) is 0.364. The number of aliphatic imine (C=N–C) groups is 1. The van der Waals surface area contributed by atoms with Gasteiger partial charge in [-0.05, 0) is 18.4 Å². The van der Waals surface area contributed by atoms with Crippen LogP contribution in [0.2, 0.25) is 0 Å². The molecule has 1 fully saturated rings. The van der Waals surface area contributed by atoms with Crippen LogP contribution in [0.25, 0.3) is 0 Å². The molecule has 0 atom stereocenters. The Balaban J connectivity index is 1.97. The zero-order valence-corrected chi connectivity index (χ0v) is 8.87. The molecule has 0 heterocycles. The monoisotopic (exact) mass is 206 g/mol. The summed E-state index contributed by atoms with van der Waals surface area (Å²) in [5, 5.41) is 0. The van der Waals surface area contributed by atoms with Crippen LogP contribution in [0.1, 0.15) is 18.4 Å². The minimum atomic E-state index is 0.635. The van der Waals surface area contributed by atoms with Crippen LogP contribution in [0.4, 0.5) is 0 Å². The molecule has 1 aliphatic carbocycles. The highest BCUT2D eigenvalue weighted by molar-refractivity contribution is 7.78. The Morgan fingerprint density at radius 3 is 2.64 bits per heavy atom. The Kier molecular flexibility index (Phi) is 3.09. The zero-order chi connectivity index (χ0) is 9.80. The second-order valence-electron chi connectivity index (χ2n) is 3.57. The van der Waals surface area contributed by atoms with Crippen LogP contribution in [0, 0.1) is 5.92 Å². The third-order valence-electron chi connectivity index (χ3n) is 2.35. The van der Waals surface area contributed by atoms with Gasteiger partial charge in [0, 0.05) is 5.92 Å². The average Bonchev–Trinajstić information content (AvgIpc) is 3.05. The largest absolute Gasteiger partial charge is 0.321 e. The van der Waals surface area contributed by atoms with Gasteiger partial charge in [-0.25, -0.2) is 0 Å². The van der Waals surface area contributed by atoms with Crippen molar-refractivity contribution in [3.63, 3.8) is 0 Å². The molecule has 74 valence electrons. The molecule has 0 amide bonds. The minimum Gasteiger partial charge on any atom is -0.321 e. The second kappa shape index (κ2) is 4.51. The van der Waals surface area contributed by atoms with E-state index in [-0.39, 0.29) is 0 Å². The summed E-state index contributed by atoms with van der Waals surface area (Å²) in [6.45, 7) is 0.750. The highest BCUT2D eigenvalue weighted by atomic mass is 32.1. The Hall–Kier alpha value is -0.960. The lowest BCUT2D eigenvalue weighted by Gasteiger charge is -2.02. The molecule has 3 heteroatoms. The van der Waals surface area contributed by atoms with Gasteiger partial charge in [-0.1, -0.05) is 43.1 Å². The topological polar surface area (TPSA) is 24.4 Å². The molecule has 1 N–H and O–H groups in total. The first-order valence-corrected chi connectivity index (χ1v) is 5.33. The molecule has 1 aliphatic rings. The predicted molar refractivity (Wildman–Crippen MR) is 62.4 cm³/mol. The summed E-state index contributed by atoms with van der Waals surface area (Å²) in [4.78, 5) is 4.50. The highest BCUT2D eigenvalue weighted by Gasteiger charge is 2.26. The van der Waals surface area contributed by atoms with E-state index in [0.717, 1.165) is 12.4 Å². The quantitative estimate of drug-likeness (QED) is 0.443. The van der Waals surface area contributed by atoms with Gasteiger partial charge < -0.3 is 4.72 Å². The molecular weight excluding hydrogens is 192 g/mol. The molecule has 14 heavy (non-hydrogen) atoms. The molecule has 0 aliphatic heterocycles. The number of amidine groups is 1. The van der Waals surface area contributed by atoms with Gasteiger partial charge >= 0.3 is 0 Å². The molecule has 1 saturated carbocycles. The van der Waals surface area contributed by atoms with Crippen molar-refractivity contribution in [1.82, 2.24) is 4.72 Å². The van der Waals surface area contributed by atoms with Gasteiger partial charge in [-0.15, -0.1) is 0 Å². The first-order chi connectivity index (χ1) is 6.90. The van der Waals surface area contributed by atoms with Crippen LogP contribution in [-0.4, -0.2) is 5.84 Å². The third-order valence-corrected chi connectivity index (χ3v) is 2.58.